The highest BCUT2D eigenvalue weighted by atomic mass is 19.1. The minimum atomic E-state index is -1.49. The fourth-order valence-electron chi connectivity index (χ4n) is 3.33. The van der Waals surface area contributed by atoms with E-state index in [9.17, 15) is 23.1 Å². The van der Waals surface area contributed by atoms with Gasteiger partial charge >= 0.3 is 0 Å². The van der Waals surface area contributed by atoms with Crippen molar-refractivity contribution in [1.82, 2.24) is 24.9 Å². The van der Waals surface area contributed by atoms with E-state index >= 15 is 0 Å². The normalized spacial score (nSPS) is 11.8. The number of rotatable bonds is 5. The molecule has 9 nitrogen and oxygen atoms in total. The van der Waals surface area contributed by atoms with Crippen LogP contribution in [-0.4, -0.2) is 37.7 Å². The number of aliphatic hydroxyl groups is 1. The lowest BCUT2D eigenvalue weighted by Crippen LogP contribution is -2.26. The summed E-state index contributed by atoms with van der Waals surface area (Å²) in [6.07, 6.45) is 0. The van der Waals surface area contributed by atoms with Crippen LogP contribution in [0.4, 0.5) is 19.1 Å². The fraction of sp³-hybridized carbons (Fsp3) is 0.238. The SMILES string of the molecule is COc1cc(F)cc2c1nc(N)n1nc(CNC(=O)c3c(F)cc(C(C)(C)O)cc3F)nc21. The van der Waals surface area contributed by atoms with Crippen molar-refractivity contribution in [1.29, 1.82) is 0 Å². The minimum absolute atomic E-state index is 0.0198. The Bertz CT molecular complexity index is 1390. The van der Waals surface area contributed by atoms with Gasteiger partial charge in [0.05, 0.1) is 24.6 Å². The number of nitrogen functional groups attached to an aromatic ring is 1. The average molecular weight is 460 g/mol. The molecule has 1 amide bonds. The van der Waals surface area contributed by atoms with E-state index in [0.717, 1.165) is 22.7 Å². The highest BCUT2D eigenvalue weighted by molar-refractivity contribution is 5.96. The number of anilines is 1. The smallest absolute Gasteiger partial charge is 0.257 e. The molecule has 0 spiro atoms. The minimum Gasteiger partial charge on any atom is -0.494 e. The first-order chi connectivity index (χ1) is 15.5. The van der Waals surface area contributed by atoms with Gasteiger partial charge in [0.15, 0.2) is 11.5 Å². The molecule has 4 N–H and O–H groups in total. The van der Waals surface area contributed by atoms with Gasteiger partial charge in [-0.1, -0.05) is 0 Å². The lowest BCUT2D eigenvalue weighted by molar-refractivity contribution is 0.0774. The van der Waals surface area contributed by atoms with Gasteiger partial charge in [0.25, 0.3) is 5.91 Å². The topological polar surface area (TPSA) is 128 Å². The van der Waals surface area contributed by atoms with Crippen LogP contribution in [0.25, 0.3) is 16.6 Å². The number of halogens is 3. The van der Waals surface area contributed by atoms with Crippen molar-refractivity contribution in [3.05, 3.63) is 58.7 Å². The molecule has 0 atom stereocenters. The number of carbonyl (C=O) groups is 1. The first kappa shape index (κ1) is 22.3. The molecular formula is C21H19F3N6O3. The van der Waals surface area contributed by atoms with Crippen LogP contribution in [-0.2, 0) is 12.1 Å². The lowest BCUT2D eigenvalue weighted by Gasteiger charge is -2.18. The van der Waals surface area contributed by atoms with Gasteiger partial charge in [0, 0.05) is 6.07 Å². The van der Waals surface area contributed by atoms with Crippen LogP contribution < -0.4 is 15.8 Å². The molecule has 2 aromatic carbocycles. The number of nitrogens with zero attached hydrogens (tertiary/aromatic N) is 4. The van der Waals surface area contributed by atoms with Gasteiger partial charge in [0.2, 0.25) is 5.95 Å². The Labute approximate surface area is 185 Å². The Morgan fingerprint density at radius 2 is 1.85 bits per heavy atom. The molecule has 4 rings (SSSR count). The summed E-state index contributed by atoms with van der Waals surface area (Å²) in [5.41, 5.74) is 4.03. The summed E-state index contributed by atoms with van der Waals surface area (Å²) in [6.45, 7) is 2.42. The molecule has 33 heavy (non-hydrogen) atoms. The number of amides is 1. The van der Waals surface area contributed by atoms with Gasteiger partial charge in [0.1, 0.15) is 34.3 Å². The third kappa shape index (κ3) is 4.00. The number of fused-ring (bicyclic) bond motifs is 3. The van der Waals surface area contributed by atoms with Gasteiger partial charge in [-0.15, -0.1) is 5.10 Å². The molecule has 12 heteroatoms. The van der Waals surface area contributed by atoms with Crippen molar-refractivity contribution in [3.8, 4) is 5.75 Å². The summed E-state index contributed by atoms with van der Waals surface area (Å²) >= 11 is 0. The molecule has 0 saturated heterocycles. The molecule has 4 aromatic rings. The fourth-order valence-corrected chi connectivity index (χ4v) is 3.33. The predicted octanol–water partition coefficient (Wildman–Crippen LogP) is 2.44. The van der Waals surface area contributed by atoms with Crippen LogP contribution in [0.5, 0.6) is 5.75 Å². The second-order valence-corrected chi connectivity index (χ2v) is 7.79. The van der Waals surface area contributed by atoms with E-state index in [4.69, 9.17) is 10.5 Å². The average Bonchev–Trinajstić information content (AvgIpc) is 3.16. The monoisotopic (exact) mass is 460 g/mol. The zero-order chi connectivity index (χ0) is 24.1. The Morgan fingerprint density at radius 3 is 2.45 bits per heavy atom. The van der Waals surface area contributed by atoms with Gasteiger partial charge < -0.3 is 20.9 Å². The molecule has 0 aliphatic heterocycles. The summed E-state index contributed by atoms with van der Waals surface area (Å²) in [4.78, 5) is 20.8. The predicted molar refractivity (Wildman–Crippen MR) is 112 cm³/mol. The third-order valence-corrected chi connectivity index (χ3v) is 4.98. The number of methoxy groups -OCH3 is 1. The molecule has 0 aliphatic carbocycles. The number of nitrogens with one attached hydrogen (secondary N) is 1. The Hall–Kier alpha value is -3.93. The highest BCUT2D eigenvalue weighted by Crippen LogP contribution is 2.29. The second-order valence-electron chi connectivity index (χ2n) is 7.79. The number of carbonyl (C=O) groups excluding carboxylic acids is 1. The Morgan fingerprint density at radius 1 is 1.18 bits per heavy atom. The van der Waals surface area contributed by atoms with Crippen molar-refractivity contribution < 1.29 is 27.8 Å². The molecule has 0 radical (unpaired) electrons. The second kappa shape index (κ2) is 7.89. The van der Waals surface area contributed by atoms with E-state index in [1.807, 2.05) is 0 Å². The quantitative estimate of drug-likeness (QED) is 0.417. The lowest BCUT2D eigenvalue weighted by atomic mass is 9.96. The molecule has 0 aliphatic rings. The number of hydrogen-bond donors (Lipinski definition) is 3. The molecule has 172 valence electrons. The van der Waals surface area contributed by atoms with Crippen LogP contribution in [0.3, 0.4) is 0 Å². The molecular weight excluding hydrogens is 441 g/mol. The number of hydrogen-bond acceptors (Lipinski definition) is 7. The third-order valence-electron chi connectivity index (χ3n) is 4.98. The molecule has 0 saturated carbocycles. The summed E-state index contributed by atoms with van der Waals surface area (Å²) in [6, 6.07) is 4.11. The summed E-state index contributed by atoms with van der Waals surface area (Å²) in [7, 11) is 1.35. The maximum atomic E-state index is 14.4. The van der Waals surface area contributed by atoms with Crippen molar-refractivity contribution in [2.24, 2.45) is 0 Å². The van der Waals surface area contributed by atoms with Crippen LogP contribution >= 0.6 is 0 Å². The summed E-state index contributed by atoms with van der Waals surface area (Å²) in [5.74, 6) is -3.77. The van der Waals surface area contributed by atoms with Crippen LogP contribution in [0, 0.1) is 17.5 Å². The highest BCUT2D eigenvalue weighted by Gasteiger charge is 2.24. The Kier molecular flexibility index (Phi) is 5.32. The van der Waals surface area contributed by atoms with Crippen LogP contribution in [0.2, 0.25) is 0 Å². The van der Waals surface area contributed by atoms with Crippen LogP contribution in [0.15, 0.2) is 24.3 Å². The zero-order valence-electron chi connectivity index (χ0n) is 17.8. The maximum absolute atomic E-state index is 14.4. The Balaban J connectivity index is 1.66. The van der Waals surface area contributed by atoms with Crippen molar-refractivity contribution in [3.63, 3.8) is 0 Å². The van der Waals surface area contributed by atoms with Gasteiger partial charge in [-0.2, -0.15) is 4.52 Å². The van der Waals surface area contributed by atoms with Gasteiger partial charge in [-0.3, -0.25) is 4.79 Å². The van der Waals surface area contributed by atoms with E-state index in [2.05, 4.69) is 20.4 Å². The molecule has 2 aromatic heterocycles. The van der Waals surface area contributed by atoms with E-state index in [0.29, 0.717) is 0 Å². The number of benzene rings is 2. The number of aromatic nitrogens is 4. The standard InChI is InChI=1S/C21H19F3N6O3/c1-21(2,32)9-4-12(23)16(13(24)5-9)19(31)26-8-15-27-18-11-6-10(22)7-14(33-3)17(11)28-20(25)30(18)29-15/h4-7,32H,8H2,1-3H3,(H2,25,28)(H,26,31). The van der Waals surface area contributed by atoms with E-state index in [-0.39, 0.29) is 46.2 Å². The van der Waals surface area contributed by atoms with Gasteiger partial charge in [-0.25, -0.2) is 23.1 Å². The zero-order valence-corrected chi connectivity index (χ0v) is 17.8. The molecule has 0 unspecified atom stereocenters. The van der Waals surface area contributed by atoms with E-state index in [1.165, 1.54) is 27.0 Å². The molecule has 2 heterocycles. The van der Waals surface area contributed by atoms with Crippen molar-refractivity contribution in [2.45, 2.75) is 26.0 Å². The van der Waals surface area contributed by atoms with Gasteiger partial charge in [-0.05, 0) is 37.6 Å². The largest absolute Gasteiger partial charge is 0.494 e. The van der Waals surface area contributed by atoms with Crippen LogP contribution in [0.1, 0.15) is 35.6 Å². The first-order valence-corrected chi connectivity index (χ1v) is 9.68. The number of ether oxygens (including phenoxy) is 1. The molecule has 0 fully saturated rings. The first-order valence-electron chi connectivity index (χ1n) is 9.68. The molecule has 0 bridgehead atoms. The van der Waals surface area contributed by atoms with E-state index in [1.54, 1.807) is 0 Å². The summed E-state index contributed by atoms with van der Waals surface area (Å²) < 4.78 is 49.1. The maximum Gasteiger partial charge on any atom is 0.257 e. The summed E-state index contributed by atoms with van der Waals surface area (Å²) in [5, 5.41) is 16.7. The van der Waals surface area contributed by atoms with Crippen molar-refractivity contribution in [2.75, 3.05) is 12.8 Å². The van der Waals surface area contributed by atoms with Crippen molar-refractivity contribution >= 4 is 28.4 Å². The van der Waals surface area contributed by atoms with E-state index < -0.39 is 34.5 Å². The number of nitrogens with two attached hydrogens (primary N) is 1.